The number of aryl methyl sites for hydroxylation is 2. The zero-order valence-electron chi connectivity index (χ0n) is 7.19. The Morgan fingerprint density at radius 1 is 1.55 bits per heavy atom. The zero-order chi connectivity index (χ0) is 8.43. The summed E-state index contributed by atoms with van der Waals surface area (Å²) in [6, 6.07) is 2.02. The molecule has 60 valence electrons. The lowest BCUT2D eigenvalue weighted by molar-refractivity contribution is -0.116. The fourth-order valence-electron chi connectivity index (χ4n) is 1.23. The van der Waals surface area contributed by atoms with Crippen LogP contribution in [0.2, 0.25) is 0 Å². The molecular formula is C9H13NO. The van der Waals surface area contributed by atoms with Gasteiger partial charge in [-0.2, -0.15) is 0 Å². The highest BCUT2D eigenvalue weighted by Crippen LogP contribution is 2.09. The van der Waals surface area contributed by atoms with Crippen LogP contribution in [0.15, 0.2) is 6.07 Å². The molecule has 0 aliphatic heterocycles. The van der Waals surface area contributed by atoms with Gasteiger partial charge in [0, 0.05) is 17.8 Å². The van der Waals surface area contributed by atoms with Crippen molar-refractivity contribution < 1.29 is 4.79 Å². The third-order valence-corrected chi connectivity index (χ3v) is 1.70. The van der Waals surface area contributed by atoms with Crippen LogP contribution < -0.4 is 0 Å². The smallest absolute Gasteiger partial charge is 0.134 e. The highest BCUT2D eigenvalue weighted by Gasteiger charge is 2.03. The van der Waals surface area contributed by atoms with Gasteiger partial charge < -0.3 is 4.98 Å². The summed E-state index contributed by atoms with van der Waals surface area (Å²) in [6.07, 6.45) is 0.552. The maximum atomic E-state index is 10.8. The van der Waals surface area contributed by atoms with Gasteiger partial charge in [-0.1, -0.05) is 0 Å². The number of Topliss-reactive ketones (excluding diaryl/α,β-unsaturated/α-hetero) is 1. The van der Waals surface area contributed by atoms with Gasteiger partial charge >= 0.3 is 0 Å². The molecule has 2 nitrogen and oxygen atoms in total. The number of carbonyl (C=O) groups excluding carboxylic acids is 1. The maximum Gasteiger partial charge on any atom is 0.134 e. The molecule has 0 atom stereocenters. The van der Waals surface area contributed by atoms with Crippen molar-refractivity contribution in [1.29, 1.82) is 0 Å². The Kier molecular flexibility index (Phi) is 2.13. The van der Waals surface area contributed by atoms with Crippen molar-refractivity contribution in [2.24, 2.45) is 0 Å². The van der Waals surface area contributed by atoms with Gasteiger partial charge in [0.05, 0.1) is 0 Å². The van der Waals surface area contributed by atoms with Crippen molar-refractivity contribution in [2.45, 2.75) is 27.2 Å². The summed E-state index contributed by atoms with van der Waals surface area (Å²) in [5, 5.41) is 0. The molecule has 0 aliphatic rings. The summed E-state index contributed by atoms with van der Waals surface area (Å²) >= 11 is 0. The summed E-state index contributed by atoms with van der Waals surface area (Å²) in [6.45, 7) is 5.60. The van der Waals surface area contributed by atoms with Gasteiger partial charge in [-0.05, 0) is 32.4 Å². The van der Waals surface area contributed by atoms with Crippen LogP contribution >= 0.6 is 0 Å². The average molecular weight is 151 g/mol. The van der Waals surface area contributed by atoms with Crippen molar-refractivity contribution in [3.8, 4) is 0 Å². The molecule has 0 aliphatic carbocycles. The standard InChI is InChI=1S/C9H13NO/c1-6-4-9(5-7(2)11)8(3)10-6/h4,10H,5H2,1-3H3. The monoisotopic (exact) mass is 151 g/mol. The van der Waals surface area contributed by atoms with Crippen molar-refractivity contribution in [3.63, 3.8) is 0 Å². The minimum atomic E-state index is 0.215. The molecule has 1 aromatic rings. The second-order valence-electron chi connectivity index (χ2n) is 2.98. The van der Waals surface area contributed by atoms with Crippen molar-refractivity contribution >= 4 is 5.78 Å². The van der Waals surface area contributed by atoms with Crippen LogP contribution in [0, 0.1) is 13.8 Å². The van der Waals surface area contributed by atoms with Crippen LogP contribution in [0.5, 0.6) is 0 Å². The Morgan fingerprint density at radius 2 is 2.18 bits per heavy atom. The molecular weight excluding hydrogens is 138 g/mol. The molecule has 1 N–H and O–H groups in total. The van der Waals surface area contributed by atoms with Gasteiger partial charge in [0.15, 0.2) is 0 Å². The molecule has 0 bridgehead atoms. The van der Waals surface area contributed by atoms with Gasteiger partial charge in [-0.25, -0.2) is 0 Å². The van der Waals surface area contributed by atoms with Gasteiger partial charge in [0.2, 0.25) is 0 Å². The van der Waals surface area contributed by atoms with Gasteiger partial charge in [0.1, 0.15) is 5.78 Å². The molecule has 1 heterocycles. The second-order valence-corrected chi connectivity index (χ2v) is 2.98. The van der Waals surface area contributed by atoms with E-state index >= 15 is 0 Å². The highest BCUT2D eigenvalue weighted by atomic mass is 16.1. The first-order valence-electron chi connectivity index (χ1n) is 3.74. The largest absolute Gasteiger partial charge is 0.362 e. The van der Waals surface area contributed by atoms with Crippen LogP contribution in [-0.2, 0) is 11.2 Å². The zero-order valence-corrected chi connectivity index (χ0v) is 7.19. The molecule has 0 amide bonds. The number of carbonyl (C=O) groups is 1. The molecule has 11 heavy (non-hydrogen) atoms. The summed E-state index contributed by atoms with van der Waals surface area (Å²) < 4.78 is 0. The van der Waals surface area contributed by atoms with E-state index in [1.807, 2.05) is 19.9 Å². The van der Waals surface area contributed by atoms with Crippen LogP contribution in [0.25, 0.3) is 0 Å². The van der Waals surface area contributed by atoms with E-state index in [2.05, 4.69) is 4.98 Å². The number of aromatic nitrogens is 1. The lowest BCUT2D eigenvalue weighted by atomic mass is 10.1. The van der Waals surface area contributed by atoms with E-state index in [-0.39, 0.29) is 5.78 Å². The first kappa shape index (κ1) is 8.05. The lowest BCUT2D eigenvalue weighted by Crippen LogP contribution is -1.95. The summed E-state index contributed by atoms with van der Waals surface area (Å²) in [5.41, 5.74) is 3.35. The molecule has 0 radical (unpaired) electrons. The van der Waals surface area contributed by atoms with Crippen LogP contribution in [0.1, 0.15) is 23.9 Å². The van der Waals surface area contributed by atoms with Gasteiger partial charge in [-0.3, -0.25) is 4.79 Å². The van der Waals surface area contributed by atoms with Crippen LogP contribution in [0.4, 0.5) is 0 Å². The third-order valence-electron chi connectivity index (χ3n) is 1.70. The van der Waals surface area contributed by atoms with E-state index in [9.17, 15) is 4.79 Å². The van der Waals surface area contributed by atoms with E-state index in [1.54, 1.807) is 6.92 Å². The van der Waals surface area contributed by atoms with Crippen molar-refractivity contribution in [3.05, 3.63) is 23.0 Å². The number of nitrogens with one attached hydrogen (secondary N) is 1. The minimum absolute atomic E-state index is 0.215. The van der Waals surface area contributed by atoms with Crippen molar-refractivity contribution in [2.75, 3.05) is 0 Å². The second kappa shape index (κ2) is 2.91. The number of hydrogen-bond acceptors (Lipinski definition) is 1. The average Bonchev–Trinajstić information content (AvgIpc) is 2.09. The first-order valence-corrected chi connectivity index (χ1v) is 3.74. The molecule has 2 heteroatoms. The van der Waals surface area contributed by atoms with Crippen LogP contribution in [-0.4, -0.2) is 10.8 Å². The molecule has 0 spiro atoms. The van der Waals surface area contributed by atoms with Crippen molar-refractivity contribution in [1.82, 2.24) is 4.98 Å². The molecule has 0 unspecified atom stereocenters. The number of ketones is 1. The first-order chi connectivity index (χ1) is 5.09. The molecule has 0 fully saturated rings. The topological polar surface area (TPSA) is 32.9 Å². The molecule has 0 saturated carbocycles. The van der Waals surface area contributed by atoms with E-state index < -0.39 is 0 Å². The quantitative estimate of drug-likeness (QED) is 0.686. The number of H-pyrrole nitrogens is 1. The fraction of sp³-hybridized carbons (Fsp3) is 0.444. The van der Waals surface area contributed by atoms with E-state index in [0.717, 1.165) is 17.0 Å². The Morgan fingerprint density at radius 3 is 2.55 bits per heavy atom. The number of hydrogen-bond donors (Lipinski definition) is 1. The normalized spacial score (nSPS) is 10.1. The molecule has 0 saturated heterocycles. The van der Waals surface area contributed by atoms with Crippen LogP contribution in [0.3, 0.4) is 0 Å². The molecule has 1 rings (SSSR count). The summed E-state index contributed by atoms with van der Waals surface area (Å²) in [7, 11) is 0. The number of rotatable bonds is 2. The van der Waals surface area contributed by atoms with E-state index in [1.165, 1.54) is 0 Å². The Balaban J connectivity index is 2.85. The van der Waals surface area contributed by atoms with E-state index in [4.69, 9.17) is 0 Å². The van der Waals surface area contributed by atoms with Gasteiger partial charge in [-0.15, -0.1) is 0 Å². The SMILES string of the molecule is CC(=O)Cc1cc(C)[nH]c1C. The fourth-order valence-corrected chi connectivity index (χ4v) is 1.23. The molecule has 1 aromatic heterocycles. The molecule has 0 aromatic carbocycles. The van der Waals surface area contributed by atoms with Gasteiger partial charge in [0.25, 0.3) is 0 Å². The Labute approximate surface area is 66.6 Å². The number of aromatic amines is 1. The lowest BCUT2D eigenvalue weighted by Gasteiger charge is -1.92. The minimum Gasteiger partial charge on any atom is -0.362 e. The summed E-state index contributed by atoms with van der Waals surface area (Å²) in [4.78, 5) is 13.9. The third kappa shape index (κ3) is 1.93. The predicted octanol–water partition coefficient (Wildman–Crippen LogP) is 1.76. The van der Waals surface area contributed by atoms with E-state index in [0.29, 0.717) is 6.42 Å². The Bertz CT molecular complexity index is 273. The maximum absolute atomic E-state index is 10.8. The Hall–Kier alpha value is -1.05. The summed E-state index contributed by atoms with van der Waals surface area (Å²) in [5.74, 6) is 0.215. The highest BCUT2D eigenvalue weighted by molar-refractivity contribution is 5.78. The predicted molar refractivity (Wildman–Crippen MR) is 44.7 cm³/mol.